The number of benzene rings is 9. The van der Waals surface area contributed by atoms with Gasteiger partial charge >= 0.3 is 0 Å². The maximum Gasteiger partial charge on any atom is 0.136 e. The molecule has 0 amide bonds. The largest absolute Gasteiger partial charge is 0.456 e. The molecule has 0 aliphatic carbocycles. The van der Waals surface area contributed by atoms with Crippen LogP contribution in [0.5, 0.6) is 0 Å². The van der Waals surface area contributed by atoms with E-state index in [9.17, 15) is 0 Å². The number of anilines is 3. The Balaban J connectivity index is 1.02. The summed E-state index contributed by atoms with van der Waals surface area (Å²) in [5, 5.41) is 9.24. The van der Waals surface area contributed by atoms with Gasteiger partial charge < -0.3 is 13.7 Å². The van der Waals surface area contributed by atoms with E-state index in [1.54, 1.807) is 0 Å². The lowest BCUT2D eigenvalue weighted by molar-refractivity contribution is 0.669. The molecular weight excluding hydrogens is 647 g/mol. The number of para-hydroxylation sites is 1. The first-order chi connectivity index (χ1) is 26.3. The molecular formula is C50H31NO2. The van der Waals surface area contributed by atoms with Gasteiger partial charge in [-0.3, -0.25) is 0 Å². The maximum atomic E-state index is 6.58. The molecule has 0 bridgehead atoms. The predicted octanol–water partition coefficient (Wildman–Crippen LogP) is 14.6. The SMILES string of the molecule is c1ccc(-c2ccc(N(c3ccc(-c4ccc5c(c4)oc4ccc6ccc7oc8ccccc8c7c6c45)cc3)c3cccc4ccccc34)cc2)cc1. The van der Waals surface area contributed by atoms with E-state index in [-0.39, 0.29) is 0 Å². The van der Waals surface area contributed by atoms with Crippen molar-refractivity contribution in [3.05, 3.63) is 188 Å². The van der Waals surface area contributed by atoms with Crippen LogP contribution in [0.15, 0.2) is 197 Å². The van der Waals surface area contributed by atoms with Gasteiger partial charge in [-0.15, -0.1) is 0 Å². The fraction of sp³-hybridized carbons (Fsp3) is 0. The molecule has 3 nitrogen and oxygen atoms in total. The van der Waals surface area contributed by atoms with E-state index in [2.05, 4.69) is 181 Å². The predicted molar refractivity (Wildman–Crippen MR) is 222 cm³/mol. The maximum absolute atomic E-state index is 6.58. The smallest absolute Gasteiger partial charge is 0.136 e. The molecule has 0 spiro atoms. The molecule has 0 atom stereocenters. The molecule has 53 heavy (non-hydrogen) atoms. The van der Waals surface area contributed by atoms with Crippen LogP contribution < -0.4 is 4.90 Å². The van der Waals surface area contributed by atoms with Crippen molar-refractivity contribution in [3.8, 4) is 22.3 Å². The third kappa shape index (κ3) is 4.75. The van der Waals surface area contributed by atoms with Crippen LogP contribution in [0, 0.1) is 0 Å². The summed E-state index contributed by atoms with van der Waals surface area (Å²) in [5.74, 6) is 0. The molecule has 0 N–H and O–H groups in total. The molecule has 0 aliphatic rings. The van der Waals surface area contributed by atoms with Crippen LogP contribution in [0.3, 0.4) is 0 Å². The van der Waals surface area contributed by atoms with Gasteiger partial charge in [-0.1, -0.05) is 127 Å². The molecule has 11 aromatic rings. The Morgan fingerprint density at radius 1 is 0.302 bits per heavy atom. The molecule has 0 aliphatic heterocycles. The summed E-state index contributed by atoms with van der Waals surface area (Å²) in [7, 11) is 0. The van der Waals surface area contributed by atoms with Gasteiger partial charge in [0, 0.05) is 43.7 Å². The van der Waals surface area contributed by atoms with Gasteiger partial charge in [0.2, 0.25) is 0 Å². The lowest BCUT2D eigenvalue weighted by Gasteiger charge is -2.27. The highest BCUT2D eigenvalue weighted by Gasteiger charge is 2.19. The Kier molecular flexibility index (Phi) is 6.55. The topological polar surface area (TPSA) is 29.5 Å². The van der Waals surface area contributed by atoms with Gasteiger partial charge in [-0.25, -0.2) is 0 Å². The van der Waals surface area contributed by atoms with E-state index in [0.717, 1.165) is 72.1 Å². The van der Waals surface area contributed by atoms with E-state index < -0.39 is 0 Å². The van der Waals surface area contributed by atoms with Gasteiger partial charge in [0.15, 0.2) is 0 Å². The molecule has 0 saturated heterocycles. The van der Waals surface area contributed by atoms with Crippen LogP contribution >= 0.6 is 0 Å². The Morgan fingerprint density at radius 3 is 1.58 bits per heavy atom. The molecule has 9 aromatic carbocycles. The third-order valence-electron chi connectivity index (χ3n) is 10.7. The fourth-order valence-corrected chi connectivity index (χ4v) is 8.14. The van der Waals surface area contributed by atoms with Crippen molar-refractivity contribution < 1.29 is 8.83 Å². The molecule has 0 radical (unpaired) electrons. The number of rotatable bonds is 5. The molecule has 2 aromatic heterocycles. The summed E-state index contributed by atoms with van der Waals surface area (Å²) < 4.78 is 12.8. The van der Waals surface area contributed by atoms with Crippen molar-refractivity contribution >= 4 is 82.5 Å². The standard InChI is InChI=1S/C50H31NO2/c1-2-9-32(10-3-1)33-17-24-38(25-18-33)51(43-15-8-12-35-11-4-5-13-40(35)43)39-26-19-34(20-27-39)37-21-28-42-47(31-37)53-46-30-23-36-22-29-45-49(48(36)50(42)46)41-14-6-7-16-44(41)52-45/h1-31H. The Bertz CT molecular complexity index is 3150. The molecule has 11 rings (SSSR count). The highest BCUT2D eigenvalue weighted by molar-refractivity contribution is 6.31. The zero-order chi connectivity index (χ0) is 34.9. The van der Waals surface area contributed by atoms with Crippen molar-refractivity contribution in [2.45, 2.75) is 0 Å². The third-order valence-corrected chi connectivity index (χ3v) is 10.7. The lowest BCUT2D eigenvalue weighted by Crippen LogP contribution is -2.10. The molecule has 0 fully saturated rings. The second-order valence-electron chi connectivity index (χ2n) is 13.7. The normalized spacial score (nSPS) is 11.8. The highest BCUT2D eigenvalue weighted by Crippen LogP contribution is 2.44. The zero-order valence-electron chi connectivity index (χ0n) is 28.7. The first kappa shape index (κ1) is 29.6. The van der Waals surface area contributed by atoms with Crippen molar-refractivity contribution in [3.63, 3.8) is 0 Å². The first-order valence-electron chi connectivity index (χ1n) is 18.0. The van der Waals surface area contributed by atoms with Crippen molar-refractivity contribution in [2.24, 2.45) is 0 Å². The fourth-order valence-electron chi connectivity index (χ4n) is 8.14. The van der Waals surface area contributed by atoms with Crippen LogP contribution in [0.2, 0.25) is 0 Å². The Morgan fingerprint density at radius 2 is 0.849 bits per heavy atom. The van der Waals surface area contributed by atoms with Crippen molar-refractivity contribution in [1.82, 2.24) is 0 Å². The van der Waals surface area contributed by atoms with Gasteiger partial charge in [-0.2, -0.15) is 0 Å². The molecule has 248 valence electrons. The molecule has 0 saturated carbocycles. The van der Waals surface area contributed by atoms with E-state index in [1.807, 2.05) is 12.1 Å². The number of nitrogens with zero attached hydrogens (tertiary/aromatic N) is 1. The summed E-state index contributed by atoms with van der Waals surface area (Å²) in [4.78, 5) is 2.36. The van der Waals surface area contributed by atoms with Crippen LogP contribution in [0.4, 0.5) is 17.1 Å². The quantitative estimate of drug-likeness (QED) is 0.182. The second-order valence-corrected chi connectivity index (χ2v) is 13.7. The van der Waals surface area contributed by atoms with Gasteiger partial charge in [-0.05, 0) is 93.7 Å². The van der Waals surface area contributed by atoms with Crippen molar-refractivity contribution in [1.29, 1.82) is 0 Å². The van der Waals surface area contributed by atoms with E-state index in [4.69, 9.17) is 8.83 Å². The Labute approximate surface area is 305 Å². The molecule has 0 unspecified atom stereocenters. The summed E-state index contributed by atoms with van der Waals surface area (Å²) in [5.41, 5.74) is 11.5. The van der Waals surface area contributed by atoms with E-state index in [1.165, 1.54) is 32.7 Å². The number of fused-ring (bicyclic) bond motifs is 10. The van der Waals surface area contributed by atoms with Gasteiger partial charge in [0.1, 0.15) is 22.3 Å². The summed E-state index contributed by atoms with van der Waals surface area (Å²) in [6.45, 7) is 0. The molecule has 3 heteroatoms. The first-order valence-corrected chi connectivity index (χ1v) is 18.0. The minimum atomic E-state index is 0.870. The Hall–Kier alpha value is -7.10. The number of hydrogen-bond donors (Lipinski definition) is 0. The zero-order valence-corrected chi connectivity index (χ0v) is 28.7. The van der Waals surface area contributed by atoms with Gasteiger partial charge in [0.25, 0.3) is 0 Å². The average molecular weight is 678 g/mol. The van der Waals surface area contributed by atoms with Crippen molar-refractivity contribution in [2.75, 3.05) is 4.90 Å². The lowest BCUT2D eigenvalue weighted by atomic mass is 9.97. The van der Waals surface area contributed by atoms with Crippen LogP contribution in [0.25, 0.3) is 87.7 Å². The van der Waals surface area contributed by atoms with Crippen LogP contribution in [-0.4, -0.2) is 0 Å². The second kappa shape index (κ2) is 11.7. The summed E-state index contributed by atoms with van der Waals surface area (Å²) >= 11 is 0. The van der Waals surface area contributed by atoms with E-state index in [0.29, 0.717) is 0 Å². The number of furan rings is 2. The average Bonchev–Trinajstić information content (AvgIpc) is 3.80. The number of hydrogen-bond acceptors (Lipinski definition) is 3. The van der Waals surface area contributed by atoms with E-state index >= 15 is 0 Å². The minimum Gasteiger partial charge on any atom is -0.456 e. The van der Waals surface area contributed by atoms with Crippen LogP contribution in [0.1, 0.15) is 0 Å². The minimum absolute atomic E-state index is 0.870. The van der Waals surface area contributed by atoms with Crippen LogP contribution in [-0.2, 0) is 0 Å². The summed E-state index contributed by atoms with van der Waals surface area (Å²) in [6, 6.07) is 66.7. The monoisotopic (exact) mass is 677 g/mol. The van der Waals surface area contributed by atoms with Gasteiger partial charge in [0.05, 0.1) is 5.69 Å². The highest BCUT2D eigenvalue weighted by atomic mass is 16.3. The summed E-state index contributed by atoms with van der Waals surface area (Å²) in [6.07, 6.45) is 0. The molecule has 2 heterocycles.